The van der Waals surface area contributed by atoms with Crippen molar-refractivity contribution in [3.63, 3.8) is 0 Å². The van der Waals surface area contributed by atoms with Crippen LogP contribution in [0.25, 0.3) is 0 Å². The minimum Gasteiger partial charge on any atom is -0.315 e. The van der Waals surface area contributed by atoms with Gasteiger partial charge in [0.15, 0.2) is 0 Å². The quantitative estimate of drug-likeness (QED) is 0.608. The first-order valence-electron chi connectivity index (χ1n) is 5.07. The molecule has 2 aliphatic rings. The summed E-state index contributed by atoms with van der Waals surface area (Å²) in [6, 6.07) is 0.109. The zero-order chi connectivity index (χ0) is 10.9. The molecular weight excluding hydrogens is 214 g/mol. The van der Waals surface area contributed by atoms with E-state index in [1.54, 1.807) is 4.31 Å². The summed E-state index contributed by atoms with van der Waals surface area (Å²) in [4.78, 5) is 0. The monoisotopic (exact) mass is 229 g/mol. The molecule has 15 heavy (non-hydrogen) atoms. The zero-order valence-electron chi connectivity index (χ0n) is 8.52. The molecule has 2 rings (SSSR count). The predicted molar refractivity (Wildman–Crippen MR) is 57.3 cm³/mol. The highest BCUT2D eigenvalue weighted by Crippen LogP contribution is 2.21. The third-order valence-corrected chi connectivity index (χ3v) is 4.94. The summed E-state index contributed by atoms with van der Waals surface area (Å²) >= 11 is 0. The predicted octanol–water partition coefficient (Wildman–Crippen LogP) is -1.16. The average molecular weight is 229 g/mol. The number of terminal acetylenes is 1. The van der Waals surface area contributed by atoms with Gasteiger partial charge in [0.05, 0.1) is 6.54 Å². The van der Waals surface area contributed by atoms with Gasteiger partial charge in [0, 0.05) is 25.7 Å². The molecule has 0 aromatic rings. The Bertz CT molecular complexity index is 367. The topological polar surface area (TPSA) is 52.6 Å². The molecule has 0 saturated carbocycles. The number of rotatable bonds is 2. The summed E-state index contributed by atoms with van der Waals surface area (Å²) in [6.45, 7) is 2.91. The van der Waals surface area contributed by atoms with Gasteiger partial charge in [-0.3, -0.25) is 0 Å². The molecule has 1 unspecified atom stereocenters. The van der Waals surface area contributed by atoms with E-state index in [9.17, 15) is 8.42 Å². The molecule has 2 aliphatic heterocycles. The molecule has 0 radical (unpaired) electrons. The summed E-state index contributed by atoms with van der Waals surface area (Å²) < 4.78 is 26.9. The van der Waals surface area contributed by atoms with Gasteiger partial charge in [0.25, 0.3) is 10.2 Å². The second-order valence-corrected chi connectivity index (χ2v) is 5.68. The standard InChI is InChI=1S/C9H15N3O2S/c1-2-5-11-6-7-12(15(11,13)14)9-3-4-10-8-9/h1,9-10H,3-8H2. The van der Waals surface area contributed by atoms with E-state index >= 15 is 0 Å². The Labute approximate surface area is 90.6 Å². The minimum absolute atomic E-state index is 0.109. The van der Waals surface area contributed by atoms with Crippen LogP contribution in [0.2, 0.25) is 0 Å². The molecule has 0 spiro atoms. The van der Waals surface area contributed by atoms with E-state index in [1.807, 2.05) is 0 Å². The van der Waals surface area contributed by atoms with Crippen LogP contribution in [0.1, 0.15) is 6.42 Å². The third-order valence-electron chi connectivity index (χ3n) is 2.90. The fourth-order valence-corrected chi connectivity index (χ4v) is 3.82. The van der Waals surface area contributed by atoms with E-state index in [0.717, 1.165) is 19.5 Å². The zero-order valence-corrected chi connectivity index (χ0v) is 9.33. The Balaban J connectivity index is 2.13. The summed E-state index contributed by atoms with van der Waals surface area (Å²) in [5, 5.41) is 3.17. The van der Waals surface area contributed by atoms with Gasteiger partial charge < -0.3 is 5.32 Å². The molecule has 6 heteroatoms. The van der Waals surface area contributed by atoms with Crippen LogP contribution >= 0.6 is 0 Å². The van der Waals surface area contributed by atoms with Gasteiger partial charge in [0.1, 0.15) is 0 Å². The number of nitrogens with one attached hydrogen (secondary N) is 1. The smallest absolute Gasteiger partial charge is 0.283 e. The van der Waals surface area contributed by atoms with Crippen LogP contribution in [0, 0.1) is 12.3 Å². The van der Waals surface area contributed by atoms with Crippen LogP contribution in [-0.4, -0.2) is 55.8 Å². The second kappa shape index (κ2) is 4.10. The van der Waals surface area contributed by atoms with Crippen molar-refractivity contribution in [3.8, 4) is 12.3 Å². The summed E-state index contributed by atoms with van der Waals surface area (Å²) in [6.07, 6.45) is 6.03. The fraction of sp³-hybridized carbons (Fsp3) is 0.778. The molecule has 0 aromatic carbocycles. The SMILES string of the molecule is C#CCN1CCN(C2CCNC2)S1(=O)=O. The Morgan fingerprint density at radius 3 is 2.87 bits per heavy atom. The van der Waals surface area contributed by atoms with Crippen LogP contribution in [0.5, 0.6) is 0 Å². The molecule has 1 N–H and O–H groups in total. The second-order valence-electron chi connectivity index (χ2n) is 3.80. The number of nitrogens with zero attached hydrogens (tertiary/aromatic N) is 2. The van der Waals surface area contributed by atoms with Gasteiger partial charge in [0.2, 0.25) is 0 Å². The highest BCUT2D eigenvalue weighted by molar-refractivity contribution is 7.87. The van der Waals surface area contributed by atoms with Gasteiger partial charge in [-0.2, -0.15) is 17.0 Å². The maximum atomic E-state index is 12.0. The van der Waals surface area contributed by atoms with Gasteiger partial charge in [-0.25, -0.2) is 0 Å². The lowest BCUT2D eigenvalue weighted by atomic mass is 10.2. The van der Waals surface area contributed by atoms with Crippen LogP contribution in [0.15, 0.2) is 0 Å². The highest BCUT2D eigenvalue weighted by atomic mass is 32.2. The van der Waals surface area contributed by atoms with Crippen molar-refractivity contribution in [2.45, 2.75) is 12.5 Å². The molecule has 0 bridgehead atoms. The van der Waals surface area contributed by atoms with Crippen molar-refractivity contribution >= 4 is 10.2 Å². The van der Waals surface area contributed by atoms with Gasteiger partial charge >= 0.3 is 0 Å². The lowest BCUT2D eigenvalue weighted by molar-refractivity contribution is 0.365. The van der Waals surface area contributed by atoms with E-state index in [0.29, 0.717) is 13.1 Å². The van der Waals surface area contributed by atoms with E-state index in [1.165, 1.54) is 4.31 Å². The first-order chi connectivity index (χ1) is 7.16. The van der Waals surface area contributed by atoms with E-state index in [4.69, 9.17) is 6.42 Å². The molecule has 2 fully saturated rings. The molecule has 5 nitrogen and oxygen atoms in total. The fourth-order valence-electron chi connectivity index (χ4n) is 2.11. The molecular formula is C9H15N3O2S. The van der Waals surface area contributed by atoms with E-state index in [2.05, 4.69) is 11.2 Å². The lowest BCUT2D eigenvalue weighted by Gasteiger charge is -2.22. The minimum atomic E-state index is -3.29. The summed E-state index contributed by atoms with van der Waals surface area (Å²) in [5.74, 6) is 2.38. The maximum Gasteiger partial charge on any atom is 0.283 e. The largest absolute Gasteiger partial charge is 0.315 e. The Morgan fingerprint density at radius 2 is 2.27 bits per heavy atom. The van der Waals surface area contributed by atoms with Crippen molar-refractivity contribution in [2.24, 2.45) is 0 Å². The average Bonchev–Trinajstić information content (AvgIpc) is 2.76. The molecule has 0 amide bonds. The first-order valence-corrected chi connectivity index (χ1v) is 6.47. The van der Waals surface area contributed by atoms with Gasteiger partial charge in [-0.05, 0) is 13.0 Å². The van der Waals surface area contributed by atoms with E-state index < -0.39 is 10.2 Å². The van der Waals surface area contributed by atoms with Crippen molar-refractivity contribution in [1.29, 1.82) is 0 Å². The number of hydrogen-bond donors (Lipinski definition) is 1. The molecule has 2 heterocycles. The first kappa shape index (κ1) is 10.9. The third kappa shape index (κ3) is 1.88. The van der Waals surface area contributed by atoms with Crippen LogP contribution in [0.4, 0.5) is 0 Å². The van der Waals surface area contributed by atoms with Crippen LogP contribution < -0.4 is 5.32 Å². The van der Waals surface area contributed by atoms with Gasteiger partial charge in [-0.15, -0.1) is 6.42 Å². The Morgan fingerprint density at radius 1 is 1.47 bits per heavy atom. The summed E-state index contributed by atoms with van der Waals surface area (Å²) in [5.41, 5.74) is 0. The van der Waals surface area contributed by atoms with Crippen molar-refractivity contribution < 1.29 is 8.42 Å². The molecule has 2 saturated heterocycles. The van der Waals surface area contributed by atoms with Gasteiger partial charge in [-0.1, -0.05) is 5.92 Å². The Hall–Kier alpha value is -0.610. The van der Waals surface area contributed by atoms with Crippen LogP contribution in [0.3, 0.4) is 0 Å². The maximum absolute atomic E-state index is 12.0. The Kier molecular flexibility index (Phi) is 2.98. The normalized spacial score (nSPS) is 31.8. The highest BCUT2D eigenvalue weighted by Gasteiger charge is 2.40. The number of hydrogen-bond acceptors (Lipinski definition) is 3. The molecule has 0 aromatic heterocycles. The van der Waals surface area contributed by atoms with E-state index in [-0.39, 0.29) is 12.6 Å². The van der Waals surface area contributed by atoms with Crippen LogP contribution in [-0.2, 0) is 10.2 Å². The summed E-state index contributed by atoms with van der Waals surface area (Å²) in [7, 11) is -3.29. The molecule has 0 aliphatic carbocycles. The van der Waals surface area contributed by atoms with Crippen molar-refractivity contribution in [1.82, 2.24) is 13.9 Å². The van der Waals surface area contributed by atoms with Crippen molar-refractivity contribution in [2.75, 3.05) is 32.7 Å². The molecule has 1 atom stereocenters. The van der Waals surface area contributed by atoms with Crippen molar-refractivity contribution in [3.05, 3.63) is 0 Å². The molecule has 84 valence electrons. The lowest BCUT2D eigenvalue weighted by Crippen LogP contribution is -2.41.